The number of nitro groups is 1. The summed E-state index contributed by atoms with van der Waals surface area (Å²) < 4.78 is 11.7. The van der Waals surface area contributed by atoms with Crippen molar-refractivity contribution in [3.8, 4) is 11.5 Å². The molecule has 0 fully saturated rings. The van der Waals surface area contributed by atoms with Crippen molar-refractivity contribution in [3.63, 3.8) is 0 Å². The molecule has 1 amide bonds. The van der Waals surface area contributed by atoms with Gasteiger partial charge >= 0.3 is 11.4 Å². The minimum absolute atomic E-state index is 0.109. The van der Waals surface area contributed by atoms with Gasteiger partial charge in [-0.05, 0) is 25.0 Å². The maximum Gasteiger partial charge on any atom is 0.330 e. The van der Waals surface area contributed by atoms with Crippen LogP contribution in [0.25, 0.3) is 0 Å². The van der Waals surface area contributed by atoms with Gasteiger partial charge in [-0.15, -0.1) is 0 Å². The number of unbranched alkanes of at least 4 members (excludes halogenated alkanes) is 3. The first-order valence-electron chi connectivity index (χ1n) is 11.1. The van der Waals surface area contributed by atoms with Crippen LogP contribution in [0.5, 0.6) is 11.5 Å². The summed E-state index contributed by atoms with van der Waals surface area (Å²) in [6.07, 6.45) is 3.70. The van der Waals surface area contributed by atoms with E-state index >= 15 is 0 Å². The highest BCUT2D eigenvalue weighted by atomic mass is 16.6. The van der Waals surface area contributed by atoms with Crippen molar-refractivity contribution in [1.29, 1.82) is 0 Å². The van der Waals surface area contributed by atoms with Crippen molar-refractivity contribution < 1.29 is 19.2 Å². The minimum atomic E-state index is -0.782. The van der Waals surface area contributed by atoms with Crippen LogP contribution < -0.4 is 31.4 Å². The molecule has 0 saturated carbocycles. The second kappa shape index (κ2) is 12.4. The number of nitrogens with one attached hydrogen (secondary N) is 1. The average Bonchev–Trinajstić information content (AvgIpc) is 2.81. The van der Waals surface area contributed by atoms with E-state index in [2.05, 4.69) is 4.98 Å². The van der Waals surface area contributed by atoms with E-state index in [0.29, 0.717) is 12.8 Å². The molecule has 1 aromatic heterocycles. The highest BCUT2D eigenvalue weighted by Crippen LogP contribution is 2.31. The summed E-state index contributed by atoms with van der Waals surface area (Å²) in [6.45, 7) is 3.82. The van der Waals surface area contributed by atoms with E-state index < -0.39 is 28.7 Å². The Hall–Kier alpha value is -3.83. The fourth-order valence-corrected chi connectivity index (χ4v) is 3.36. The number of nitrogens with zero attached hydrogens (tertiary/aromatic N) is 3. The Kier molecular flexibility index (Phi) is 9.65. The summed E-state index contributed by atoms with van der Waals surface area (Å²) >= 11 is 0. The van der Waals surface area contributed by atoms with Crippen LogP contribution in [0, 0.1) is 10.1 Å². The third-order valence-corrected chi connectivity index (χ3v) is 5.22. The third kappa shape index (κ3) is 6.36. The summed E-state index contributed by atoms with van der Waals surface area (Å²) in [5.41, 5.74) is 4.25. The van der Waals surface area contributed by atoms with Crippen molar-refractivity contribution in [1.82, 2.24) is 9.55 Å². The third-order valence-electron chi connectivity index (χ3n) is 5.22. The van der Waals surface area contributed by atoms with Gasteiger partial charge in [0.15, 0.2) is 18.0 Å². The number of hydrogen-bond donors (Lipinski definition) is 2. The van der Waals surface area contributed by atoms with E-state index in [4.69, 9.17) is 15.2 Å². The molecule has 0 radical (unpaired) electrons. The van der Waals surface area contributed by atoms with Gasteiger partial charge in [-0.25, -0.2) is 4.79 Å². The van der Waals surface area contributed by atoms with Crippen molar-refractivity contribution >= 4 is 23.1 Å². The fourth-order valence-electron chi connectivity index (χ4n) is 3.36. The second-order valence-corrected chi connectivity index (χ2v) is 7.63. The van der Waals surface area contributed by atoms with Crippen LogP contribution in [0.4, 0.5) is 17.2 Å². The molecule has 2 aromatic rings. The van der Waals surface area contributed by atoms with Crippen molar-refractivity contribution in [2.75, 3.05) is 30.9 Å². The molecule has 0 bridgehead atoms. The zero-order valence-electron chi connectivity index (χ0n) is 19.7. The molecule has 0 aliphatic rings. The molecular formula is C22H31N5O7. The topological polar surface area (TPSA) is 163 Å². The van der Waals surface area contributed by atoms with E-state index in [1.165, 1.54) is 34.8 Å². The van der Waals surface area contributed by atoms with E-state index in [-0.39, 0.29) is 41.8 Å². The Balaban J connectivity index is 2.39. The molecule has 1 heterocycles. The summed E-state index contributed by atoms with van der Waals surface area (Å²) in [5, 5.41) is 11.4. The standard InChI is InChI=1S/C22H31N5O7/c1-4-6-8-12-25(19-20(23)26(11-7-5-2)22(30)24-21(19)29)18(28)14-34-17-10-9-15(33-3)13-16(17)27(31)32/h9-10,13H,4-8,11-12,14,23H2,1-3H3,(H,24,29,30). The number of methoxy groups -OCH3 is 1. The molecule has 12 nitrogen and oxygen atoms in total. The molecule has 0 unspecified atom stereocenters. The quantitative estimate of drug-likeness (QED) is 0.252. The first kappa shape index (κ1) is 26.4. The lowest BCUT2D eigenvalue weighted by Gasteiger charge is -2.24. The number of hydrogen-bond acceptors (Lipinski definition) is 8. The number of amides is 1. The maximum atomic E-state index is 13.1. The SMILES string of the molecule is CCCCCN(C(=O)COc1ccc(OC)cc1[N+](=O)[O-])c1c(N)n(CCCC)c(=O)[nH]c1=O. The summed E-state index contributed by atoms with van der Waals surface area (Å²) in [4.78, 5) is 52.2. The van der Waals surface area contributed by atoms with Crippen LogP contribution >= 0.6 is 0 Å². The number of aromatic nitrogens is 2. The number of H-pyrrole nitrogens is 1. The number of benzene rings is 1. The summed E-state index contributed by atoms with van der Waals surface area (Å²) in [6, 6.07) is 3.99. The normalized spacial score (nSPS) is 10.7. The molecule has 34 heavy (non-hydrogen) atoms. The van der Waals surface area contributed by atoms with Crippen molar-refractivity contribution in [2.45, 2.75) is 52.5 Å². The van der Waals surface area contributed by atoms with Gasteiger partial charge in [0.1, 0.15) is 11.6 Å². The number of nitrogen functional groups attached to an aromatic ring is 1. The molecule has 0 aliphatic heterocycles. The van der Waals surface area contributed by atoms with Gasteiger partial charge in [-0.3, -0.25) is 29.3 Å². The van der Waals surface area contributed by atoms with Crippen molar-refractivity contribution in [2.24, 2.45) is 0 Å². The molecule has 1 aromatic carbocycles. The molecule has 3 N–H and O–H groups in total. The largest absolute Gasteiger partial charge is 0.496 e. The van der Waals surface area contributed by atoms with E-state index in [1.54, 1.807) is 0 Å². The van der Waals surface area contributed by atoms with Crippen molar-refractivity contribution in [3.05, 3.63) is 49.2 Å². The molecule has 0 saturated heterocycles. The smallest absolute Gasteiger partial charge is 0.330 e. The molecule has 0 spiro atoms. The van der Waals surface area contributed by atoms with Crippen LogP contribution in [-0.4, -0.2) is 40.6 Å². The number of rotatable bonds is 13. The molecule has 186 valence electrons. The number of nitrogens with two attached hydrogens (primary N) is 1. The van der Waals surface area contributed by atoms with Crippen LogP contribution in [0.2, 0.25) is 0 Å². The number of ether oxygens (including phenoxy) is 2. The van der Waals surface area contributed by atoms with Gasteiger partial charge in [0.25, 0.3) is 11.5 Å². The fraction of sp³-hybridized carbons (Fsp3) is 0.500. The van der Waals surface area contributed by atoms with E-state index in [9.17, 15) is 24.5 Å². The first-order chi connectivity index (χ1) is 16.2. The van der Waals surface area contributed by atoms with Gasteiger partial charge in [-0.1, -0.05) is 33.1 Å². The average molecular weight is 478 g/mol. The number of carbonyl (C=O) groups is 1. The Bertz CT molecular complexity index is 1130. The Labute approximate surface area is 196 Å². The molecule has 0 aliphatic carbocycles. The maximum absolute atomic E-state index is 13.1. The van der Waals surface area contributed by atoms with E-state index in [1.807, 2.05) is 13.8 Å². The second-order valence-electron chi connectivity index (χ2n) is 7.63. The Morgan fingerprint density at radius 2 is 1.91 bits per heavy atom. The van der Waals surface area contributed by atoms with Gasteiger partial charge in [0.2, 0.25) is 0 Å². The number of carbonyl (C=O) groups excluding carboxylic acids is 1. The lowest BCUT2D eigenvalue weighted by Crippen LogP contribution is -2.43. The zero-order chi connectivity index (χ0) is 25.3. The predicted molar refractivity (Wildman–Crippen MR) is 128 cm³/mol. The Morgan fingerprint density at radius 3 is 2.53 bits per heavy atom. The predicted octanol–water partition coefficient (Wildman–Crippen LogP) is 2.44. The monoisotopic (exact) mass is 477 g/mol. The number of anilines is 2. The van der Waals surface area contributed by atoms with Crippen LogP contribution in [-0.2, 0) is 11.3 Å². The van der Waals surface area contributed by atoms with Crippen LogP contribution in [0.3, 0.4) is 0 Å². The number of nitro benzene ring substituents is 1. The zero-order valence-corrected chi connectivity index (χ0v) is 19.7. The van der Waals surface area contributed by atoms with Gasteiger partial charge < -0.3 is 20.1 Å². The van der Waals surface area contributed by atoms with Crippen LogP contribution in [0.15, 0.2) is 27.8 Å². The highest BCUT2D eigenvalue weighted by molar-refractivity contribution is 5.96. The van der Waals surface area contributed by atoms with Gasteiger partial charge in [-0.2, -0.15) is 0 Å². The lowest BCUT2D eigenvalue weighted by atomic mass is 10.2. The Morgan fingerprint density at radius 1 is 1.21 bits per heavy atom. The molecule has 2 rings (SSSR count). The number of aromatic amines is 1. The molecule has 12 heteroatoms. The van der Waals surface area contributed by atoms with Gasteiger partial charge in [0, 0.05) is 13.1 Å². The molecule has 0 atom stereocenters. The lowest BCUT2D eigenvalue weighted by molar-refractivity contribution is -0.385. The van der Waals surface area contributed by atoms with Gasteiger partial charge in [0.05, 0.1) is 18.1 Å². The summed E-state index contributed by atoms with van der Waals surface area (Å²) in [7, 11) is 1.37. The summed E-state index contributed by atoms with van der Waals surface area (Å²) in [5.74, 6) is -0.593. The highest BCUT2D eigenvalue weighted by Gasteiger charge is 2.25. The minimum Gasteiger partial charge on any atom is -0.496 e. The van der Waals surface area contributed by atoms with E-state index in [0.717, 1.165) is 19.3 Å². The van der Waals surface area contributed by atoms with Crippen LogP contribution in [0.1, 0.15) is 46.0 Å². The molecular weight excluding hydrogens is 446 g/mol. The first-order valence-corrected chi connectivity index (χ1v) is 11.1.